The molecule has 102 valence electrons. The zero-order chi connectivity index (χ0) is 12.8. The quantitative estimate of drug-likeness (QED) is 0.338. The summed E-state index contributed by atoms with van der Waals surface area (Å²) in [7, 11) is 0. The topological polar surface area (TPSA) is 26.3 Å². The van der Waals surface area contributed by atoms with Crippen LogP contribution in [0.2, 0.25) is 0 Å². The van der Waals surface area contributed by atoms with Gasteiger partial charge in [-0.2, -0.15) is 0 Å². The van der Waals surface area contributed by atoms with Crippen LogP contribution in [0.5, 0.6) is 0 Å². The van der Waals surface area contributed by atoms with Crippen LogP contribution < -0.4 is 0 Å². The molecule has 0 atom stereocenters. The van der Waals surface area contributed by atoms with Gasteiger partial charge in [-0.25, -0.2) is 0 Å². The fraction of sp³-hybridized carbons (Fsp3) is 0.929. The van der Waals surface area contributed by atoms with Crippen LogP contribution in [-0.4, -0.2) is 5.97 Å². The van der Waals surface area contributed by atoms with Gasteiger partial charge in [0.15, 0.2) is 23.0 Å². The molecule has 0 heterocycles. The lowest BCUT2D eigenvalue weighted by Gasteiger charge is -2.02. The van der Waals surface area contributed by atoms with Crippen LogP contribution in [0.25, 0.3) is 0 Å². The Morgan fingerprint density at radius 2 is 1.24 bits per heavy atom. The minimum atomic E-state index is -0.0819. The van der Waals surface area contributed by atoms with E-state index in [1.54, 1.807) is 23.0 Å². The fourth-order valence-corrected chi connectivity index (χ4v) is 2.19. The highest BCUT2D eigenvalue weighted by molar-refractivity contribution is 14.1. The van der Waals surface area contributed by atoms with Crippen molar-refractivity contribution in [3.8, 4) is 0 Å². The molecule has 0 radical (unpaired) electrons. The molecule has 0 amide bonds. The molecule has 0 aromatic heterocycles. The maximum Gasteiger partial charge on any atom is 0.315 e. The van der Waals surface area contributed by atoms with Crippen molar-refractivity contribution in [3.63, 3.8) is 0 Å². The molecule has 0 aromatic carbocycles. The van der Waals surface area contributed by atoms with E-state index >= 15 is 0 Å². The first-order valence-corrected chi connectivity index (χ1v) is 8.00. The second kappa shape index (κ2) is 14.3. The summed E-state index contributed by atoms with van der Waals surface area (Å²) in [5.74, 6) is -0.0819. The van der Waals surface area contributed by atoms with E-state index in [9.17, 15) is 4.79 Å². The Morgan fingerprint density at radius 1 is 0.824 bits per heavy atom. The van der Waals surface area contributed by atoms with Crippen molar-refractivity contribution in [1.29, 1.82) is 0 Å². The Bertz CT molecular complexity index is 172. The van der Waals surface area contributed by atoms with Gasteiger partial charge in [0.1, 0.15) is 0 Å². The second-order valence-electron chi connectivity index (χ2n) is 4.73. The molecule has 2 nitrogen and oxygen atoms in total. The Kier molecular flexibility index (Phi) is 14.4. The monoisotopic (exact) mass is 354 g/mol. The van der Waals surface area contributed by atoms with Gasteiger partial charge in [0.2, 0.25) is 0 Å². The van der Waals surface area contributed by atoms with Gasteiger partial charge < -0.3 is 3.07 Å². The maximum atomic E-state index is 10.8. The van der Waals surface area contributed by atoms with E-state index in [4.69, 9.17) is 0 Å². The molecule has 3 heteroatoms. The number of unbranched alkanes of at least 4 members (excludes halogenated alkanes) is 10. The van der Waals surface area contributed by atoms with Gasteiger partial charge >= 0.3 is 5.97 Å². The molecule has 0 saturated carbocycles. The lowest BCUT2D eigenvalue weighted by molar-refractivity contribution is -0.131. The summed E-state index contributed by atoms with van der Waals surface area (Å²) in [5, 5.41) is 0. The number of carbonyl (C=O) groups excluding carboxylic acids is 1. The normalized spacial score (nSPS) is 10.5. The van der Waals surface area contributed by atoms with Crippen molar-refractivity contribution in [2.24, 2.45) is 0 Å². The lowest BCUT2D eigenvalue weighted by Crippen LogP contribution is -1.95. The molecule has 0 N–H and O–H groups in total. The molecule has 0 rings (SSSR count). The molecule has 0 saturated heterocycles. The van der Waals surface area contributed by atoms with Gasteiger partial charge in [-0.1, -0.05) is 71.1 Å². The highest BCUT2D eigenvalue weighted by Gasteiger charge is 1.99. The zero-order valence-corrected chi connectivity index (χ0v) is 13.3. The van der Waals surface area contributed by atoms with E-state index in [0.29, 0.717) is 6.42 Å². The van der Waals surface area contributed by atoms with Crippen molar-refractivity contribution >= 4 is 29.0 Å². The summed E-state index contributed by atoms with van der Waals surface area (Å²) in [6.45, 7) is 2.26. The van der Waals surface area contributed by atoms with Crippen LogP contribution in [0.1, 0.15) is 84.0 Å². The van der Waals surface area contributed by atoms with E-state index in [2.05, 4.69) is 9.99 Å². The summed E-state index contributed by atoms with van der Waals surface area (Å²) in [6, 6.07) is 0. The lowest BCUT2D eigenvalue weighted by atomic mass is 10.1. The van der Waals surface area contributed by atoms with Crippen LogP contribution in [0, 0.1) is 0 Å². The van der Waals surface area contributed by atoms with E-state index in [1.165, 1.54) is 64.2 Å². The van der Waals surface area contributed by atoms with Crippen molar-refractivity contribution in [2.75, 3.05) is 0 Å². The summed E-state index contributed by atoms with van der Waals surface area (Å²) in [6.07, 6.45) is 15.0. The van der Waals surface area contributed by atoms with E-state index in [1.807, 2.05) is 0 Å². The average Bonchev–Trinajstić information content (AvgIpc) is 2.35. The molecule has 0 unspecified atom stereocenters. The van der Waals surface area contributed by atoms with Crippen molar-refractivity contribution in [3.05, 3.63) is 0 Å². The Labute approximate surface area is 121 Å². The predicted molar refractivity (Wildman–Crippen MR) is 81.2 cm³/mol. The highest BCUT2D eigenvalue weighted by atomic mass is 127. The number of hydrogen-bond acceptors (Lipinski definition) is 2. The van der Waals surface area contributed by atoms with Gasteiger partial charge in [-0.15, -0.1) is 0 Å². The van der Waals surface area contributed by atoms with E-state index in [0.717, 1.165) is 6.42 Å². The Hall–Kier alpha value is 0.200. The van der Waals surface area contributed by atoms with Gasteiger partial charge in [0.05, 0.1) is 0 Å². The minimum absolute atomic E-state index is 0.0819. The van der Waals surface area contributed by atoms with E-state index in [-0.39, 0.29) is 5.97 Å². The van der Waals surface area contributed by atoms with Gasteiger partial charge in [0.25, 0.3) is 0 Å². The summed E-state index contributed by atoms with van der Waals surface area (Å²) < 4.78 is 4.57. The van der Waals surface area contributed by atoms with Crippen LogP contribution >= 0.6 is 23.0 Å². The number of rotatable bonds is 12. The molecule has 0 aromatic rings. The molecule has 0 aliphatic heterocycles. The standard InChI is InChI=1S/C14H27IO2/c1-2-3-4-5-6-7-8-9-10-11-12-13-14(16)17-15/h2-13H2,1H3. The zero-order valence-electron chi connectivity index (χ0n) is 11.2. The Balaban J connectivity index is 2.96. The third-order valence-electron chi connectivity index (χ3n) is 3.07. The Morgan fingerprint density at radius 3 is 1.65 bits per heavy atom. The number of hydrogen-bond donors (Lipinski definition) is 0. The largest absolute Gasteiger partial charge is 0.394 e. The molecular weight excluding hydrogens is 327 g/mol. The first kappa shape index (κ1) is 17.2. The summed E-state index contributed by atoms with van der Waals surface area (Å²) in [5.41, 5.74) is 0. The van der Waals surface area contributed by atoms with Crippen molar-refractivity contribution in [2.45, 2.75) is 84.0 Å². The highest BCUT2D eigenvalue weighted by Crippen LogP contribution is 2.12. The summed E-state index contributed by atoms with van der Waals surface area (Å²) in [4.78, 5) is 10.8. The first-order chi connectivity index (χ1) is 8.31. The molecule has 0 bridgehead atoms. The molecule has 17 heavy (non-hydrogen) atoms. The van der Waals surface area contributed by atoms with E-state index < -0.39 is 0 Å². The van der Waals surface area contributed by atoms with Crippen molar-refractivity contribution < 1.29 is 7.86 Å². The molecule has 0 aliphatic rings. The third kappa shape index (κ3) is 14.1. The summed E-state index contributed by atoms with van der Waals surface area (Å²) >= 11 is 1.66. The average molecular weight is 354 g/mol. The van der Waals surface area contributed by atoms with Gasteiger partial charge in [-0.05, 0) is 6.42 Å². The third-order valence-corrected chi connectivity index (χ3v) is 3.56. The van der Waals surface area contributed by atoms with Crippen LogP contribution in [0.3, 0.4) is 0 Å². The van der Waals surface area contributed by atoms with Gasteiger partial charge in [-0.3, -0.25) is 4.79 Å². The minimum Gasteiger partial charge on any atom is -0.394 e. The molecular formula is C14H27IO2. The van der Waals surface area contributed by atoms with Crippen LogP contribution in [0.15, 0.2) is 0 Å². The molecule has 0 aliphatic carbocycles. The maximum absolute atomic E-state index is 10.8. The smallest absolute Gasteiger partial charge is 0.315 e. The second-order valence-corrected chi connectivity index (χ2v) is 5.18. The number of halogens is 1. The number of carbonyl (C=O) groups is 1. The van der Waals surface area contributed by atoms with Crippen molar-refractivity contribution in [1.82, 2.24) is 0 Å². The van der Waals surface area contributed by atoms with Crippen LogP contribution in [-0.2, 0) is 7.86 Å². The molecule has 0 spiro atoms. The predicted octanol–water partition coefficient (Wildman–Crippen LogP) is 5.58. The van der Waals surface area contributed by atoms with Crippen LogP contribution in [0.4, 0.5) is 0 Å². The fourth-order valence-electron chi connectivity index (χ4n) is 1.97. The molecule has 0 fully saturated rings. The SMILES string of the molecule is CCCCCCCCCCCCCC(=O)OI. The van der Waals surface area contributed by atoms with Gasteiger partial charge in [0, 0.05) is 6.42 Å². The first-order valence-electron chi connectivity index (χ1n) is 7.12.